The first-order chi connectivity index (χ1) is 8.84. The molecule has 0 saturated heterocycles. The van der Waals surface area contributed by atoms with Crippen LogP contribution in [0.2, 0.25) is 0 Å². The lowest BCUT2D eigenvalue weighted by Crippen LogP contribution is -2.85. The summed E-state index contributed by atoms with van der Waals surface area (Å²) in [7, 11) is 0. The zero-order chi connectivity index (χ0) is 13.1. The first-order valence-corrected chi connectivity index (χ1v) is 6.61. The molecule has 0 radical (unpaired) electrons. The highest BCUT2D eigenvalue weighted by molar-refractivity contribution is 5.23. The van der Waals surface area contributed by atoms with Gasteiger partial charge in [-0.2, -0.15) is 0 Å². The predicted molar refractivity (Wildman–Crippen MR) is 69.3 cm³/mol. The molecule has 1 rings (SSSR count). The van der Waals surface area contributed by atoms with Crippen LogP contribution in [0.5, 0.6) is 5.75 Å². The second-order valence-electron chi connectivity index (χ2n) is 4.11. The van der Waals surface area contributed by atoms with Crippen molar-refractivity contribution in [2.24, 2.45) is 0 Å². The molecule has 1 aromatic rings. The van der Waals surface area contributed by atoms with E-state index in [0.717, 1.165) is 13.1 Å². The normalized spacial score (nSPS) is 10.6. The van der Waals surface area contributed by atoms with E-state index in [1.54, 1.807) is 18.2 Å². The minimum Gasteiger partial charge on any atom is -0.488 e. The fraction of sp³-hybridized carbons (Fsp3) is 0.571. The van der Waals surface area contributed by atoms with Crippen molar-refractivity contribution in [3.8, 4) is 5.75 Å². The molecule has 0 aliphatic heterocycles. The predicted octanol–water partition coefficient (Wildman–Crippen LogP) is 1.58. The van der Waals surface area contributed by atoms with Crippen molar-refractivity contribution in [3.05, 3.63) is 30.1 Å². The molecule has 1 aromatic carbocycles. The van der Waals surface area contributed by atoms with Gasteiger partial charge >= 0.3 is 0 Å². The van der Waals surface area contributed by atoms with Crippen LogP contribution >= 0.6 is 0 Å². The third kappa shape index (κ3) is 6.57. The average molecular weight is 256 g/mol. The van der Waals surface area contributed by atoms with E-state index in [1.807, 2.05) is 0 Å². The molecule has 0 saturated carbocycles. The van der Waals surface area contributed by atoms with Crippen LogP contribution in [0.25, 0.3) is 0 Å². The molecule has 4 heteroatoms. The molecular formula is C14H23FNO2+. The Labute approximate surface area is 108 Å². The third-order valence-corrected chi connectivity index (χ3v) is 2.55. The number of ether oxygens (including phenoxy) is 2. The zero-order valence-electron chi connectivity index (χ0n) is 11.0. The molecule has 0 aliphatic rings. The van der Waals surface area contributed by atoms with E-state index < -0.39 is 0 Å². The minimum absolute atomic E-state index is 0.288. The van der Waals surface area contributed by atoms with Gasteiger partial charge in [0.1, 0.15) is 6.61 Å². The van der Waals surface area contributed by atoms with Crippen molar-refractivity contribution in [1.82, 2.24) is 0 Å². The second-order valence-corrected chi connectivity index (χ2v) is 4.11. The Morgan fingerprint density at radius 2 is 1.94 bits per heavy atom. The molecule has 0 heterocycles. The van der Waals surface area contributed by atoms with Gasteiger partial charge in [0.05, 0.1) is 26.3 Å². The van der Waals surface area contributed by atoms with Crippen LogP contribution in [0.4, 0.5) is 4.39 Å². The summed E-state index contributed by atoms with van der Waals surface area (Å²) in [5.41, 5.74) is 0. The topological polar surface area (TPSA) is 35.1 Å². The molecule has 0 aliphatic carbocycles. The van der Waals surface area contributed by atoms with Gasteiger partial charge in [0, 0.05) is 0 Å². The Hall–Kier alpha value is -1.13. The van der Waals surface area contributed by atoms with Crippen LogP contribution in [0, 0.1) is 5.82 Å². The molecule has 0 aromatic heterocycles. The largest absolute Gasteiger partial charge is 0.488 e. The summed E-state index contributed by atoms with van der Waals surface area (Å²) in [5.74, 6) is -0.0407. The Morgan fingerprint density at radius 1 is 1.11 bits per heavy atom. The molecule has 2 N–H and O–H groups in total. The van der Waals surface area contributed by atoms with Crippen LogP contribution in [0.15, 0.2) is 24.3 Å². The Bertz CT molecular complexity index is 320. The maximum Gasteiger partial charge on any atom is 0.165 e. The van der Waals surface area contributed by atoms with E-state index in [4.69, 9.17) is 9.47 Å². The van der Waals surface area contributed by atoms with E-state index in [-0.39, 0.29) is 11.6 Å². The number of nitrogens with two attached hydrogens (primary N) is 1. The van der Waals surface area contributed by atoms with Crippen LogP contribution in [0.3, 0.4) is 0 Å². The van der Waals surface area contributed by atoms with Crippen LogP contribution in [0.1, 0.15) is 19.8 Å². The number of para-hydroxylation sites is 1. The van der Waals surface area contributed by atoms with Gasteiger partial charge in [-0.1, -0.05) is 25.5 Å². The van der Waals surface area contributed by atoms with Gasteiger partial charge in [0.15, 0.2) is 11.6 Å². The molecule has 3 nitrogen and oxygen atoms in total. The highest BCUT2D eigenvalue weighted by Gasteiger charge is 2.00. The van der Waals surface area contributed by atoms with Gasteiger partial charge in [0.2, 0.25) is 0 Å². The molecule has 18 heavy (non-hydrogen) atoms. The van der Waals surface area contributed by atoms with Crippen LogP contribution in [-0.4, -0.2) is 32.9 Å². The van der Waals surface area contributed by atoms with Crippen molar-refractivity contribution in [2.45, 2.75) is 19.8 Å². The monoisotopic (exact) mass is 256 g/mol. The van der Waals surface area contributed by atoms with Crippen molar-refractivity contribution >= 4 is 0 Å². The number of hydrogen-bond donors (Lipinski definition) is 1. The van der Waals surface area contributed by atoms with E-state index in [9.17, 15) is 4.39 Å². The summed E-state index contributed by atoms with van der Waals surface area (Å²) < 4.78 is 23.8. The lowest BCUT2D eigenvalue weighted by atomic mass is 10.3. The maximum atomic E-state index is 13.2. The molecule has 0 bridgehead atoms. The first-order valence-electron chi connectivity index (χ1n) is 6.61. The highest BCUT2D eigenvalue weighted by atomic mass is 19.1. The summed E-state index contributed by atoms with van der Waals surface area (Å²) in [5, 5.41) is 2.25. The molecule has 0 spiro atoms. The van der Waals surface area contributed by atoms with Crippen molar-refractivity contribution in [3.63, 3.8) is 0 Å². The first kappa shape index (κ1) is 14.9. The number of benzene rings is 1. The van der Waals surface area contributed by atoms with Crippen molar-refractivity contribution in [2.75, 3.05) is 32.9 Å². The number of quaternary nitrogens is 1. The molecule has 0 unspecified atom stereocenters. The SMILES string of the molecule is CCCC[NH2+]CCOCCOc1ccccc1F. The van der Waals surface area contributed by atoms with Crippen molar-refractivity contribution < 1.29 is 19.2 Å². The zero-order valence-corrected chi connectivity index (χ0v) is 11.0. The number of unbranched alkanes of at least 4 members (excludes halogenated alkanes) is 1. The number of halogens is 1. The van der Waals surface area contributed by atoms with E-state index in [0.29, 0.717) is 19.8 Å². The van der Waals surface area contributed by atoms with E-state index in [1.165, 1.54) is 18.9 Å². The highest BCUT2D eigenvalue weighted by Crippen LogP contribution is 2.14. The summed E-state index contributed by atoms with van der Waals surface area (Å²) in [4.78, 5) is 0. The molecule has 0 amide bonds. The van der Waals surface area contributed by atoms with E-state index in [2.05, 4.69) is 12.2 Å². The Kier molecular flexibility index (Phi) is 8.17. The third-order valence-electron chi connectivity index (χ3n) is 2.55. The Balaban J connectivity index is 1.94. The Morgan fingerprint density at radius 3 is 2.72 bits per heavy atom. The lowest BCUT2D eigenvalue weighted by Gasteiger charge is -2.07. The van der Waals surface area contributed by atoms with Gasteiger partial charge < -0.3 is 14.8 Å². The van der Waals surface area contributed by atoms with Crippen molar-refractivity contribution in [1.29, 1.82) is 0 Å². The van der Waals surface area contributed by atoms with E-state index >= 15 is 0 Å². The van der Waals surface area contributed by atoms with Gasteiger partial charge in [-0.3, -0.25) is 0 Å². The molecule has 0 atom stereocenters. The summed E-state index contributed by atoms with van der Waals surface area (Å²) in [6.45, 7) is 5.91. The molecule has 0 fully saturated rings. The fourth-order valence-corrected chi connectivity index (χ4v) is 1.53. The van der Waals surface area contributed by atoms with Gasteiger partial charge in [-0.05, 0) is 18.6 Å². The second kappa shape index (κ2) is 9.85. The fourth-order valence-electron chi connectivity index (χ4n) is 1.53. The quantitative estimate of drug-likeness (QED) is 0.645. The molecular weight excluding hydrogens is 233 g/mol. The van der Waals surface area contributed by atoms with Gasteiger partial charge in [0.25, 0.3) is 0 Å². The van der Waals surface area contributed by atoms with Crippen LogP contribution < -0.4 is 10.1 Å². The number of rotatable bonds is 10. The molecule has 102 valence electrons. The summed E-state index contributed by atoms with van der Waals surface area (Å²) >= 11 is 0. The average Bonchev–Trinajstić information content (AvgIpc) is 2.39. The minimum atomic E-state index is -0.328. The lowest BCUT2D eigenvalue weighted by molar-refractivity contribution is -0.656. The summed E-state index contributed by atoms with van der Waals surface area (Å²) in [6.07, 6.45) is 2.48. The van der Waals surface area contributed by atoms with Gasteiger partial charge in [-0.25, -0.2) is 4.39 Å². The summed E-state index contributed by atoms with van der Waals surface area (Å²) in [6, 6.07) is 6.40. The van der Waals surface area contributed by atoms with Crippen LogP contribution in [-0.2, 0) is 4.74 Å². The standard InChI is InChI=1S/C14H22FNO2/c1-2-3-8-16-9-10-17-11-12-18-14-7-5-4-6-13(14)15/h4-7,16H,2-3,8-12H2,1H3/p+1. The van der Waals surface area contributed by atoms with Gasteiger partial charge in [-0.15, -0.1) is 0 Å². The smallest absolute Gasteiger partial charge is 0.165 e. The maximum absolute atomic E-state index is 13.2. The number of hydrogen-bond acceptors (Lipinski definition) is 2.